The van der Waals surface area contributed by atoms with Crippen molar-refractivity contribution in [2.45, 2.75) is 26.4 Å². The first-order chi connectivity index (χ1) is 7.43. The van der Waals surface area contributed by atoms with E-state index in [-0.39, 0.29) is 0 Å². The van der Waals surface area contributed by atoms with Gasteiger partial charge in [-0.15, -0.1) is 0 Å². The highest BCUT2D eigenvalue weighted by Gasteiger charge is 1.89. The summed E-state index contributed by atoms with van der Waals surface area (Å²) in [5.74, 6) is 0. The molecule has 82 valence electrons. The summed E-state index contributed by atoms with van der Waals surface area (Å²) in [6.45, 7) is 3.05. The fraction of sp³-hybridized carbons (Fsp3) is 0.385. The van der Waals surface area contributed by atoms with Crippen LogP contribution in [0.2, 0.25) is 0 Å². The van der Waals surface area contributed by atoms with E-state index in [4.69, 9.17) is 9.47 Å². The van der Waals surface area contributed by atoms with Crippen LogP contribution in [0.3, 0.4) is 0 Å². The van der Waals surface area contributed by atoms with E-state index in [1.54, 1.807) is 6.26 Å². The largest absolute Gasteiger partial charge is 0.475 e. The first kappa shape index (κ1) is 11.8. The van der Waals surface area contributed by atoms with Gasteiger partial charge in [0, 0.05) is 0 Å². The molecule has 0 saturated heterocycles. The maximum Gasteiger partial charge on any atom is 0.188 e. The fourth-order valence-electron chi connectivity index (χ4n) is 1.12. The van der Waals surface area contributed by atoms with Gasteiger partial charge in [-0.3, -0.25) is 0 Å². The zero-order valence-corrected chi connectivity index (χ0v) is 9.19. The van der Waals surface area contributed by atoms with Gasteiger partial charge in [-0.05, 0) is 18.1 Å². The van der Waals surface area contributed by atoms with E-state index in [9.17, 15) is 0 Å². The van der Waals surface area contributed by atoms with Crippen molar-refractivity contribution in [1.82, 2.24) is 0 Å². The summed E-state index contributed by atoms with van der Waals surface area (Å²) in [4.78, 5) is 0. The van der Waals surface area contributed by atoms with Crippen LogP contribution in [0, 0.1) is 0 Å². The predicted octanol–water partition coefficient (Wildman–Crippen LogP) is 3.49. The van der Waals surface area contributed by atoms with E-state index in [2.05, 4.69) is 6.92 Å². The predicted molar refractivity (Wildman–Crippen MR) is 61.2 cm³/mol. The van der Waals surface area contributed by atoms with E-state index in [1.807, 2.05) is 36.4 Å². The van der Waals surface area contributed by atoms with Gasteiger partial charge in [0.05, 0.1) is 12.9 Å². The Morgan fingerprint density at radius 1 is 1.20 bits per heavy atom. The highest BCUT2D eigenvalue weighted by molar-refractivity contribution is 5.13. The van der Waals surface area contributed by atoms with Gasteiger partial charge in [-0.25, -0.2) is 0 Å². The number of unbranched alkanes of at least 4 members (excludes halogenated alkanes) is 1. The number of benzene rings is 1. The van der Waals surface area contributed by atoms with E-state index in [0.717, 1.165) is 12.8 Å². The third kappa shape index (κ3) is 5.92. The van der Waals surface area contributed by atoms with E-state index < -0.39 is 0 Å². The van der Waals surface area contributed by atoms with Crippen LogP contribution in [0.1, 0.15) is 25.3 Å². The van der Waals surface area contributed by atoms with E-state index in [0.29, 0.717) is 13.4 Å². The Bertz CT molecular complexity index is 267. The molecule has 0 aliphatic heterocycles. The summed E-state index contributed by atoms with van der Waals surface area (Å²) in [5, 5.41) is 0. The molecule has 0 spiro atoms. The minimum Gasteiger partial charge on any atom is -0.475 e. The van der Waals surface area contributed by atoms with Gasteiger partial charge in [0.15, 0.2) is 6.79 Å². The SMILES string of the molecule is CCCC=COCOCc1ccccc1. The molecular formula is C13H18O2. The molecule has 0 heterocycles. The number of rotatable bonds is 7. The Labute approximate surface area is 91.5 Å². The number of allylic oxidation sites excluding steroid dienone is 1. The first-order valence-electron chi connectivity index (χ1n) is 5.31. The molecule has 2 nitrogen and oxygen atoms in total. The van der Waals surface area contributed by atoms with Crippen LogP contribution in [-0.4, -0.2) is 6.79 Å². The number of ether oxygens (including phenoxy) is 2. The quantitative estimate of drug-likeness (QED) is 0.386. The lowest BCUT2D eigenvalue weighted by molar-refractivity contribution is -0.0208. The van der Waals surface area contributed by atoms with Crippen LogP contribution in [0.25, 0.3) is 0 Å². The summed E-state index contributed by atoms with van der Waals surface area (Å²) in [5.41, 5.74) is 1.17. The van der Waals surface area contributed by atoms with E-state index >= 15 is 0 Å². The minimum atomic E-state index is 0.315. The molecule has 0 N–H and O–H groups in total. The molecule has 0 saturated carbocycles. The van der Waals surface area contributed by atoms with Gasteiger partial charge in [0.1, 0.15) is 0 Å². The van der Waals surface area contributed by atoms with E-state index in [1.165, 1.54) is 5.56 Å². The summed E-state index contributed by atoms with van der Waals surface area (Å²) < 4.78 is 10.5. The highest BCUT2D eigenvalue weighted by atomic mass is 16.7. The van der Waals surface area contributed by atoms with Crippen molar-refractivity contribution >= 4 is 0 Å². The van der Waals surface area contributed by atoms with Crippen LogP contribution >= 0.6 is 0 Å². The van der Waals surface area contributed by atoms with Crippen molar-refractivity contribution in [2.24, 2.45) is 0 Å². The van der Waals surface area contributed by atoms with Crippen molar-refractivity contribution in [2.75, 3.05) is 6.79 Å². The summed E-state index contributed by atoms with van der Waals surface area (Å²) in [6, 6.07) is 10.1. The molecule has 1 rings (SSSR count). The molecule has 0 atom stereocenters. The second-order valence-corrected chi connectivity index (χ2v) is 3.28. The summed E-state index contributed by atoms with van der Waals surface area (Å²) in [7, 11) is 0. The van der Waals surface area contributed by atoms with Crippen LogP contribution in [0.5, 0.6) is 0 Å². The van der Waals surface area contributed by atoms with Crippen molar-refractivity contribution in [3.8, 4) is 0 Å². The third-order valence-electron chi connectivity index (χ3n) is 1.91. The number of hydrogen-bond acceptors (Lipinski definition) is 2. The smallest absolute Gasteiger partial charge is 0.188 e. The molecule has 0 aliphatic carbocycles. The Hall–Kier alpha value is -1.28. The molecule has 0 amide bonds. The van der Waals surface area contributed by atoms with Crippen LogP contribution in [-0.2, 0) is 16.1 Å². The zero-order chi connectivity index (χ0) is 10.8. The third-order valence-corrected chi connectivity index (χ3v) is 1.91. The van der Waals surface area contributed by atoms with Gasteiger partial charge in [-0.2, -0.15) is 0 Å². The molecule has 0 radical (unpaired) electrons. The Morgan fingerprint density at radius 3 is 2.73 bits per heavy atom. The maximum absolute atomic E-state index is 5.33. The monoisotopic (exact) mass is 206 g/mol. The molecule has 2 heteroatoms. The second kappa shape index (κ2) is 8.06. The molecule has 0 aromatic heterocycles. The highest BCUT2D eigenvalue weighted by Crippen LogP contribution is 2.00. The van der Waals surface area contributed by atoms with Gasteiger partial charge in [0.2, 0.25) is 0 Å². The molecule has 1 aromatic carbocycles. The molecule has 0 fully saturated rings. The minimum absolute atomic E-state index is 0.315. The molecule has 0 bridgehead atoms. The maximum atomic E-state index is 5.33. The lowest BCUT2D eigenvalue weighted by Gasteiger charge is -2.03. The van der Waals surface area contributed by atoms with Crippen molar-refractivity contribution in [3.05, 3.63) is 48.2 Å². The van der Waals surface area contributed by atoms with Gasteiger partial charge >= 0.3 is 0 Å². The Morgan fingerprint density at radius 2 is 2.00 bits per heavy atom. The molecule has 0 unspecified atom stereocenters. The fourth-order valence-corrected chi connectivity index (χ4v) is 1.12. The standard InChI is InChI=1S/C13H18O2/c1-2-3-7-10-14-12-15-11-13-8-5-4-6-9-13/h4-10H,2-3,11-12H2,1H3. The Balaban J connectivity index is 2.02. The molecule has 15 heavy (non-hydrogen) atoms. The normalized spacial score (nSPS) is 10.7. The molecular weight excluding hydrogens is 188 g/mol. The first-order valence-corrected chi connectivity index (χ1v) is 5.31. The second-order valence-electron chi connectivity index (χ2n) is 3.28. The van der Waals surface area contributed by atoms with Crippen molar-refractivity contribution in [1.29, 1.82) is 0 Å². The van der Waals surface area contributed by atoms with Gasteiger partial charge in [0.25, 0.3) is 0 Å². The summed E-state index contributed by atoms with van der Waals surface area (Å²) >= 11 is 0. The number of hydrogen-bond donors (Lipinski definition) is 0. The van der Waals surface area contributed by atoms with Crippen LogP contribution in [0.15, 0.2) is 42.7 Å². The molecule has 0 aliphatic rings. The van der Waals surface area contributed by atoms with Crippen LogP contribution in [0.4, 0.5) is 0 Å². The zero-order valence-electron chi connectivity index (χ0n) is 9.19. The lowest BCUT2D eigenvalue weighted by Crippen LogP contribution is -1.96. The summed E-state index contributed by atoms with van der Waals surface area (Å²) in [6.07, 6.45) is 5.91. The average Bonchev–Trinajstić information content (AvgIpc) is 2.29. The van der Waals surface area contributed by atoms with Crippen LogP contribution < -0.4 is 0 Å². The van der Waals surface area contributed by atoms with Crippen molar-refractivity contribution < 1.29 is 9.47 Å². The molecule has 1 aromatic rings. The lowest BCUT2D eigenvalue weighted by atomic mass is 10.2. The average molecular weight is 206 g/mol. The Kier molecular flexibility index (Phi) is 6.34. The van der Waals surface area contributed by atoms with Crippen molar-refractivity contribution in [3.63, 3.8) is 0 Å². The topological polar surface area (TPSA) is 18.5 Å². The van der Waals surface area contributed by atoms with Gasteiger partial charge in [-0.1, -0.05) is 43.7 Å². The van der Waals surface area contributed by atoms with Gasteiger partial charge < -0.3 is 9.47 Å².